The zero-order chi connectivity index (χ0) is 15.6. The van der Waals surface area contributed by atoms with Crippen molar-refractivity contribution in [2.24, 2.45) is 10.9 Å². The number of aromatic nitrogens is 2. The van der Waals surface area contributed by atoms with Gasteiger partial charge in [0.15, 0.2) is 5.84 Å². The van der Waals surface area contributed by atoms with Crippen LogP contribution in [0, 0.1) is 12.7 Å². The lowest BCUT2D eigenvalue weighted by molar-refractivity contribution is 0.318. The van der Waals surface area contributed by atoms with E-state index < -0.39 is 15.8 Å². The minimum Gasteiger partial charge on any atom is -0.409 e. The number of aromatic amines is 1. The van der Waals surface area contributed by atoms with Gasteiger partial charge in [-0.1, -0.05) is 5.16 Å². The molecule has 0 atom stereocenters. The molecular formula is C11H12FN5O3S. The van der Waals surface area contributed by atoms with Gasteiger partial charge in [-0.3, -0.25) is 9.82 Å². The largest absolute Gasteiger partial charge is 0.409 e. The Morgan fingerprint density at radius 2 is 2.24 bits per heavy atom. The van der Waals surface area contributed by atoms with Crippen LogP contribution < -0.4 is 10.5 Å². The van der Waals surface area contributed by atoms with Crippen molar-refractivity contribution in [3.05, 3.63) is 41.3 Å². The monoisotopic (exact) mass is 313 g/mol. The quantitative estimate of drug-likeness (QED) is 0.286. The number of nitrogens with two attached hydrogens (primary N) is 1. The average Bonchev–Trinajstić information content (AvgIpc) is 2.84. The number of anilines is 1. The van der Waals surface area contributed by atoms with Gasteiger partial charge in [0.25, 0.3) is 10.0 Å². The highest BCUT2D eigenvalue weighted by atomic mass is 32.2. The van der Waals surface area contributed by atoms with Crippen LogP contribution in [0.3, 0.4) is 0 Å². The summed E-state index contributed by atoms with van der Waals surface area (Å²) >= 11 is 0. The molecule has 21 heavy (non-hydrogen) atoms. The molecule has 2 rings (SSSR count). The Labute approximate surface area is 119 Å². The molecule has 0 saturated heterocycles. The molecule has 10 heteroatoms. The van der Waals surface area contributed by atoms with E-state index in [1.165, 1.54) is 13.1 Å². The molecule has 0 amide bonds. The summed E-state index contributed by atoms with van der Waals surface area (Å²) in [6, 6.07) is 3.29. The number of rotatable bonds is 4. The van der Waals surface area contributed by atoms with Crippen LogP contribution in [0.15, 0.2) is 34.4 Å². The predicted molar refractivity (Wildman–Crippen MR) is 73.0 cm³/mol. The average molecular weight is 313 g/mol. The zero-order valence-corrected chi connectivity index (χ0v) is 11.6. The van der Waals surface area contributed by atoms with Gasteiger partial charge in [0.2, 0.25) is 0 Å². The molecule has 1 aromatic heterocycles. The van der Waals surface area contributed by atoms with E-state index in [9.17, 15) is 12.8 Å². The lowest BCUT2D eigenvalue weighted by atomic mass is 10.2. The van der Waals surface area contributed by atoms with Gasteiger partial charge in [-0.25, -0.2) is 12.8 Å². The number of benzene rings is 1. The molecule has 2 aromatic rings. The molecule has 1 aromatic carbocycles. The summed E-state index contributed by atoms with van der Waals surface area (Å²) in [4.78, 5) is -0.0936. The number of aryl methyl sites for hydroxylation is 1. The van der Waals surface area contributed by atoms with Crippen molar-refractivity contribution < 1.29 is 18.0 Å². The number of amidine groups is 1. The summed E-state index contributed by atoms with van der Waals surface area (Å²) in [5.74, 6) is -0.906. The minimum absolute atomic E-state index is 0.0611. The van der Waals surface area contributed by atoms with E-state index in [1.807, 2.05) is 0 Å². The molecule has 112 valence electrons. The molecule has 8 nitrogen and oxygen atoms in total. The number of nitrogens with zero attached hydrogens (tertiary/aromatic N) is 2. The second kappa shape index (κ2) is 5.40. The summed E-state index contributed by atoms with van der Waals surface area (Å²) in [6.45, 7) is 1.47. The van der Waals surface area contributed by atoms with Crippen LogP contribution in [-0.2, 0) is 10.0 Å². The summed E-state index contributed by atoms with van der Waals surface area (Å²) in [5.41, 5.74) is 5.73. The van der Waals surface area contributed by atoms with Crippen molar-refractivity contribution in [1.29, 1.82) is 0 Å². The van der Waals surface area contributed by atoms with Gasteiger partial charge >= 0.3 is 0 Å². The van der Waals surface area contributed by atoms with E-state index in [0.717, 1.165) is 18.2 Å². The number of H-pyrrole nitrogens is 1. The Morgan fingerprint density at radius 3 is 2.86 bits per heavy atom. The van der Waals surface area contributed by atoms with Crippen LogP contribution in [0.25, 0.3) is 0 Å². The first-order valence-corrected chi connectivity index (χ1v) is 7.13. The highest BCUT2D eigenvalue weighted by Crippen LogP contribution is 2.20. The molecule has 0 aliphatic heterocycles. The minimum atomic E-state index is -3.98. The SMILES string of the molecule is Cc1cc(F)ccc1S(=O)(=O)Nc1[nH]ncc1C(N)=NO. The molecule has 5 N–H and O–H groups in total. The number of hydrogen-bond acceptors (Lipinski definition) is 5. The second-order valence-corrected chi connectivity index (χ2v) is 5.81. The lowest BCUT2D eigenvalue weighted by Gasteiger charge is -2.10. The molecule has 0 aliphatic carbocycles. The Balaban J connectivity index is 2.41. The fourth-order valence-electron chi connectivity index (χ4n) is 1.72. The fourth-order valence-corrected chi connectivity index (χ4v) is 2.98. The van der Waals surface area contributed by atoms with Crippen molar-refractivity contribution in [1.82, 2.24) is 10.2 Å². The van der Waals surface area contributed by atoms with Crippen LogP contribution in [0.4, 0.5) is 10.2 Å². The maximum Gasteiger partial charge on any atom is 0.263 e. The number of hydrogen-bond donors (Lipinski definition) is 4. The Morgan fingerprint density at radius 1 is 1.52 bits per heavy atom. The van der Waals surface area contributed by atoms with Crippen molar-refractivity contribution >= 4 is 21.7 Å². The maximum absolute atomic E-state index is 13.0. The summed E-state index contributed by atoms with van der Waals surface area (Å²) < 4.78 is 39.8. The first kappa shape index (κ1) is 14.8. The highest BCUT2D eigenvalue weighted by Gasteiger charge is 2.21. The predicted octanol–water partition coefficient (Wildman–Crippen LogP) is 0.753. The number of oxime groups is 1. The van der Waals surface area contributed by atoms with Crippen LogP contribution >= 0.6 is 0 Å². The Kier molecular flexibility index (Phi) is 3.80. The first-order valence-electron chi connectivity index (χ1n) is 5.65. The number of nitrogens with one attached hydrogen (secondary N) is 2. The van der Waals surface area contributed by atoms with Gasteiger partial charge in [0.1, 0.15) is 11.6 Å². The molecule has 0 spiro atoms. The Hall–Kier alpha value is -2.62. The van der Waals surface area contributed by atoms with E-state index in [1.54, 1.807) is 0 Å². The van der Waals surface area contributed by atoms with Crippen LogP contribution in [0.2, 0.25) is 0 Å². The highest BCUT2D eigenvalue weighted by molar-refractivity contribution is 7.92. The summed E-state index contributed by atoms with van der Waals surface area (Å²) in [6.07, 6.45) is 1.20. The molecule has 1 heterocycles. The van der Waals surface area contributed by atoms with Gasteiger partial charge in [0.05, 0.1) is 16.7 Å². The van der Waals surface area contributed by atoms with Gasteiger partial charge in [0, 0.05) is 0 Å². The van der Waals surface area contributed by atoms with Crippen molar-refractivity contribution in [3.63, 3.8) is 0 Å². The van der Waals surface area contributed by atoms with Crippen molar-refractivity contribution in [2.75, 3.05) is 4.72 Å². The van der Waals surface area contributed by atoms with Crippen LogP contribution in [0.1, 0.15) is 11.1 Å². The van der Waals surface area contributed by atoms with Gasteiger partial charge in [-0.15, -0.1) is 0 Å². The maximum atomic E-state index is 13.0. The van der Waals surface area contributed by atoms with Gasteiger partial charge in [-0.05, 0) is 30.7 Å². The molecule has 0 unspecified atom stereocenters. The van der Waals surface area contributed by atoms with Crippen molar-refractivity contribution in [2.45, 2.75) is 11.8 Å². The number of halogens is 1. The smallest absolute Gasteiger partial charge is 0.263 e. The van der Waals surface area contributed by atoms with Crippen LogP contribution in [-0.4, -0.2) is 29.7 Å². The first-order chi connectivity index (χ1) is 9.85. The third kappa shape index (κ3) is 2.94. The Bertz CT molecular complexity index is 800. The van der Waals surface area contributed by atoms with Gasteiger partial charge < -0.3 is 10.9 Å². The van der Waals surface area contributed by atoms with E-state index >= 15 is 0 Å². The topological polar surface area (TPSA) is 133 Å². The molecule has 0 fully saturated rings. The molecular weight excluding hydrogens is 301 g/mol. The third-order valence-electron chi connectivity index (χ3n) is 2.69. The molecule has 0 aliphatic rings. The standard InChI is InChI=1S/C11H12FN5O3S/c1-6-4-7(12)2-3-9(6)21(19,20)17-11-8(5-14-15-11)10(13)16-18/h2-5,18H,1H3,(H2,13,16)(H2,14,15,17). The molecule has 0 bridgehead atoms. The van der Waals surface area contributed by atoms with E-state index in [2.05, 4.69) is 20.1 Å². The third-order valence-corrected chi connectivity index (χ3v) is 4.20. The molecule has 0 radical (unpaired) electrons. The van der Waals surface area contributed by atoms with Crippen molar-refractivity contribution in [3.8, 4) is 0 Å². The summed E-state index contributed by atoms with van der Waals surface area (Å²) in [7, 11) is -3.98. The number of sulfonamides is 1. The molecule has 0 saturated carbocycles. The van der Waals surface area contributed by atoms with E-state index in [4.69, 9.17) is 10.9 Å². The van der Waals surface area contributed by atoms with E-state index in [0.29, 0.717) is 0 Å². The normalized spacial score (nSPS) is 12.4. The summed E-state index contributed by atoms with van der Waals surface area (Å²) in [5, 5.41) is 17.4. The fraction of sp³-hybridized carbons (Fsp3) is 0.0909. The second-order valence-electron chi connectivity index (χ2n) is 4.16. The lowest BCUT2D eigenvalue weighted by Crippen LogP contribution is -2.19. The van der Waals surface area contributed by atoms with E-state index in [-0.39, 0.29) is 27.7 Å². The van der Waals surface area contributed by atoms with Gasteiger partial charge in [-0.2, -0.15) is 5.10 Å². The van der Waals surface area contributed by atoms with Crippen LogP contribution in [0.5, 0.6) is 0 Å². The zero-order valence-electron chi connectivity index (χ0n) is 10.8.